The highest BCUT2D eigenvalue weighted by molar-refractivity contribution is 9.10. The third kappa shape index (κ3) is 4.20. The van der Waals surface area contributed by atoms with Crippen molar-refractivity contribution in [3.8, 4) is 0 Å². The first kappa shape index (κ1) is 16.3. The van der Waals surface area contributed by atoms with E-state index >= 15 is 0 Å². The van der Waals surface area contributed by atoms with Crippen molar-refractivity contribution < 1.29 is 8.42 Å². The summed E-state index contributed by atoms with van der Waals surface area (Å²) >= 11 is 9.17. The topological polar surface area (TPSA) is 72.2 Å². The molecule has 0 atom stereocenters. The Hall–Kier alpha value is -1.08. The van der Waals surface area contributed by atoms with Crippen LogP contribution in [-0.2, 0) is 16.4 Å². The van der Waals surface area contributed by atoms with Gasteiger partial charge in [-0.15, -0.1) is 0 Å². The monoisotopic (exact) mass is 388 g/mol. The van der Waals surface area contributed by atoms with Crippen molar-refractivity contribution in [2.45, 2.75) is 11.3 Å². The molecule has 3 N–H and O–H groups in total. The average molecular weight is 390 g/mol. The Labute approximate surface area is 137 Å². The predicted octanol–water partition coefficient (Wildman–Crippen LogP) is 3.40. The summed E-state index contributed by atoms with van der Waals surface area (Å²) in [6.45, 7) is 0.528. The maximum Gasteiger partial charge on any atom is 0.261 e. The number of anilines is 1. The zero-order valence-corrected chi connectivity index (χ0v) is 14.2. The van der Waals surface area contributed by atoms with Gasteiger partial charge in [0.05, 0.1) is 10.6 Å². The second-order valence-electron chi connectivity index (χ2n) is 4.41. The van der Waals surface area contributed by atoms with Gasteiger partial charge in [0.25, 0.3) is 10.0 Å². The molecule has 0 bridgehead atoms. The van der Waals surface area contributed by atoms with E-state index in [-0.39, 0.29) is 4.90 Å². The molecule has 21 heavy (non-hydrogen) atoms. The number of hydrogen-bond donors (Lipinski definition) is 2. The Kier molecular flexibility index (Phi) is 5.27. The highest BCUT2D eigenvalue weighted by Crippen LogP contribution is 2.28. The summed E-state index contributed by atoms with van der Waals surface area (Å²) in [6.07, 6.45) is 0.716. The third-order valence-corrected chi connectivity index (χ3v) is 5.15. The molecule has 0 saturated heterocycles. The molecule has 2 rings (SSSR count). The van der Waals surface area contributed by atoms with Crippen LogP contribution >= 0.6 is 27.5 Å². The molecule has 0 unspecified atom stereocenters. The van der Waals surface area contributed by atoms with Crippen LogP contribution in [0.2, 0.25) is 5.02 Å². The fraction of sp³-hybridized carbons (Fsp3) is 0.143. The fourth-order valence-corrected chi connectivity index (χ4v) is 3.50. The van der Waals surface area contributed by atoms with Gasteiger partial charge in [0.15, 0.2) is 0 Å². The van der Waals surface area contributed by atoms with E-state index in [9.17, 15) is 8.42 Å². The van der Waals surface area contributed by atoms with Crippen LogP contribution in [0.25, 0.3) is 0 Å². The number of nitrogens with one attached hydrogen (secondary N) is 1. The molecule has 2 aromatic rings. The number of rotatable bonds is 5. The van der Waals surface area contributed by atoms with E-state index < -0.39 is 10.0 Å². The molecule has 4 nitrogen and oxygen atoms in total. The first-order valence-corrected chi connectivity index (χ1v) is 8.84. The molecule has 0 saturated carbocycles. The number of halogens is 2. The van der Waals surface area contributed by atoms with Gasteiger partial charge in [0.2, 0.25) is 0 Å². The van der Waals surface area contributed by atoms with Crippen molar-refractivity contribution in [2.24, 2.45) is 5.73 Å². The molecule has 0 aliphatic carbocycles. The summed E-state index contributed by atoms with van der Waals surface area (Å²) < 4.78 is 27.8. The lowest BCUT2D eigenvalue weighted by Crippen LogP contribution is -2.13. The molecular formula is C14H14BrClN2O2S. The maximum atomic E-state index is 12.3. The minimum absolute atomic E-state index is 0.190. The van der Waals surface area contributed by atoms with Gasteiger partial charge < -0.3 is 5.73 Å². The van der Waals surface area contributed by atoms with E-state index in [1.807, 2.05) is 0 Å². The van der Waals surface area contributed by atoms with Crippen molar-refractivity contribution >= 4 is 43.2 Å². The van der Waals surface area contributed by atoms with Crippen LogP contribution < -0.4 is 10.5 Å². The molecule has 0 aliphatic rings. The van der Waals surface area contributed by atoms with Crippen LogP contribution in [0, 0.1) is 0 Å². The molecule has 112 valence electrons. The number of sulfonamides is 1. The summed E-state index contributed by atoms with van der Waals surface area (Å²) in [5.41, 5.74) is 6.87. The first-order valence-electron chi connectivity index (χ1n) is 6.19. The van der Waals surface area contributed by atoms with Crippen molar-refractivity contribution in [3.63, 3.8) is 0 Å². The quantitative estimate of drug-likeness (QED) is 0.823. The SMILES string of the molecule is NCCc1ccc(S(=O)(=O)Nc2cc(Cl)ccc2Br)cc1. The van der Waals surface area contributed by atoms with Crippen LogP contribution in [0.5, 0.6) is 0 Å². The molecule has 0 radical (unpaired) electrons. The number of hydrogen-bond acceptors (Lipinski definition) is 3. The minimum atomic E-state index is -3.65. The van der Waals surface area contributed by atoms with Gasteiger partial charge in [-0.05, 0) is 64.8 Å². The highest BCUT2D eigenvalue weighted by atomic mass is 79.9. The summed E-state index contributed by atoms with van der Waals surface area (Å²) in [7, 11) is -3.65. The normalized spacial score (nSPS) is 11.4. The van der Waals surface area contributed by atoms with Crippen molar-refractivity contribution in [1.29, 1.82) is 0 Å². The molecule has 0 spiro atoms. The molecule has 0 aromatic heterocycles. The summed E-state index contributed by atoms with van der Waals surface area (Å²) in [5, 5.41) is 0.453. The Morgan fingerprint density at radius 1 is 1.14 bits per heavy atom. The summed E-state index contributed by atoms with van der Waals surface area (Å²) in [6, 6.07) is 11.5. The molecule has 0 fully saturated rings. The van der Waals surface area contributed by atoms with E-state index in [0.717, 1.165) is 5.56 Å². The van der Waals surface area contributed by atoms with Gasteiger partial charge in [-0.25, -0.2) is 8.42 Å². The van der Waals surface area contributed by atoms with Gasteiger partial charge in [-0.2, -0.15) is 0 Å². The van der Waals surface area contributed by atoms with Crippen molar-refractivity contribution in [2.75, 3.05) is 11.3 Å². The van der Waals surface area contributed by atoms with Crippen LogP contribution in [0.4, 0.5) is 5.69 Å². The van der Waals surface area contributed by atoms with Crippen molar-refractivity contribution in [1.82, 2.24) is 0 Å². The molecule has 0 heterocycles. The number of benzene rings is 2. The smallest absolute Gasteiger partial charge is 0.261 e. The summed E-state index contributed by atoms with van der Waals surface area (Å²) in [4.78, 5) is 0.190. The fourth-order valence-electron chi connectivity index (χ4n) is 1.78. The molecule has 7 heteroatoms. The first-order chi connectivity index (χ1) is 9.92. The number of nitrogens with two attached hydrogens (primary N) is 1. The summed E-state index contributed by atoms with van der Waals surface area (Å²) in [5.74, 6) is 0. The lowest BCUT2D eigenvalue weighted by atomic mass is 10.2. The molecule has 0 aliphatic heterocycles. The zero-order valence-electron chi connectivity index (χ0n) is 11.0. The van der Waals surface area contributed by atoms with E-state index in [2.05, 4.69) is 20.7 Å². The largest absolute Gasteiger partial charge is 0.330 e. The van der Waals surface area contributed by atoms with Crippen LogP contribution in [-0.4, -0.2) is 15.0 Å². The lowest BCUT2D eigenvalue weighted by molar-refractivity contribution is 0.601. The van der Waals surface area contributed by atoms with Gasteiger partial charge in [0, 0.05) is 9.50 Å². The van der Waals surface area contributed by atoms with E-state index in [0.29, 0.717) is 28.1 Å². The molecule has 0 amide bonds. The standard InChI is InChI=1S/C14H14BrClN2O2S/c15-13-6-3-11(16)9-14(13)18-21(19,20)12-4-1-10(2-5-12)7-8-17/h1-6,9,18H,7-8,17H2. The Balaban J connectivity index is 2.27. The van der Waals surface area contributed by atoms with Crippen LogP contribution in [0.1, 0.15) is 5.56 Å². The zero-order chi connectivity index (χ0) is 15.5. The lowest BCUT2D eigenvalue weighted by Gasteiger charge is -2.10. The highest BCUT2D eigenvalue weighted by Gasteiger charge is 2.15. The second-order valence-corrected chi connectivity index (χ2v) is 7.39. The molecular weight excluding hydrogens is 376 g/mol. The van der Waals surface area contributed by atoms with Gasteiger partial charge in [0.1, 0.15) is 0 Å². The Morgan fingerprint density at radius 3 is 2.43 bits per heavy atom. The van der Waals surface area contributed by atoms with E-state index in [1.54, 1.807) is 42.5 Å². The second kappa shape index (κ2) is 6.79. The maximum absolute atomic E-state index is 12.3. The Morgan fingerprint density at radius 2 is 1.81 bits per heavy atom. The average Bonchev–Trinajstić information content (AvgIpc) is 2.44. The molecule has 2 aromatic carbocycles. The van der Waals surface area contributed by atoms with Crippen LogP contribution in [0.3, 0.4) is 0 Å². The Bertz CT molecular complexity index is 733. The van der Waals surface area contributed by atoms with Gasteiger partial charge in [-0.1, -0.05) is 23.7 Å². The third-order valence-electron chi connectivity index (χ3n) is 2.84. The van der Waals surface area contributed by atoms with E-state index in [4.69, 9.17) is 17.3 Å². The van der Waals surface area contributed by atoms with E-state index in [1.165, 1.54) is 0 Å². The van der Waals surface area contributed by atoms with Gasteiger partial charge in [-0.3, -0.25) is 4.72 Å². The minimum Gasteiger partial charge on any atom is -0.330 e. The van der Waals surface area contributed by atoms with Crippen molar-refractivity contribution in [3.05, 3.63) is 57.5 Å². The van der Waals surface area contributed by atoms with Crippen LogP contribution in [0.15, 0.2) is 51.8 Å². The van der Waals surface area contributed by atoms with Gasteiger partial charge >= 0.3 is 0 Å². The predicted molar refractivity (Wildman–Crippen MR) is 89.2 cm³/mol.